The Balaban J connectivity index is 1.03. The fraction of sp³-hybridized carbons (Fsp3) is 0.306. The van der Waals surface area contributed by atoms with Crippen LogP contribution >= 0.6 is 0 Å². The summed E-state index contributed by atoms with van der Waals surface area (Å²) in [7, 11) is 0. The van der Waals surface area contributed by atoms with Gasteiger partial charge in [0.2, 0.25) is 12.2 Å². The summed E-state index contributed by atoms with van der Waals surface area (Å²) in [5, 5.41) is 6.19. The maximum atomic E-state index is 14.4. The number of nitrogens with one attached hydrogen (secondary N) is 1. The third-order valence-corrected chi connectivity index (χ3v) is 12.3. The van der Waals surface area contributed by atoms with Crippen molar-refractivity contribution in [1.29, 1.82) is 0 Å². The lowest BCUT2D eigenvalue weighted by Crippen LogP contribution is -2.25. The van der Waals surface area contributed by atoms with Crippen LogP contribution in [0.1, 0.15) is 98.7 Å². The maximum Gasteiger partial charge on any atom is 0.263 e. The third kappa shape index (κ3) is 7.58. The number of aryl methyl sites for hydroxylation is 4. The number of carbonyl (C=O) groups excluding carboxylic acids is 2. The lowest BCUT2D eigenvalue weighted by atomic mass is 9.91. The molecule has 1 atom stereocenters. The van der Waals surface area contributed by atoms with E-state index in [4.69, 9.17) is 9.84 Å². The average molecular weight is 792 g/mol. The second-order valence-corrected chi connectivity index (χ2v) is 16.2. The van der Waals surface area contributed by atoms with E-state index in [2.05, 4.69) is 46.9 Å². The summed E-state index contributed by atoms with van der Waals surface area (Å²) in [6, 6.07) is 18.1. The van der Waals surface area contributed by atoms with Gasteiger partial charge in [0.25, 0.3) is 5.91 Å². The molecule has 0 bridgehead atoms. The highest BCUT2D eigenvalue weighted by Crippen LogP contribution is 2.37. The lowest BCUT2D eigenvalue weighted by Gasteiger charge is -2.22. The Hall–Kier alpha value is -6.00. The van der Waals surface area contributed by atoms with Crippen molar-refractivity contribution in [2.45, 2.75) is 83.6 Å². The first-order valence-electron chi connectivity index (χ1n) is 20.6. The van der Waals surface area contributed by atoms with Gasteiger partial charge in [-0.05, 0) is 158 Å². The number of hydrogen-bond donors (Lipinski definition) is 1. The molecule has 1 N–H and O–H groups in total. The van der Waals surface area contributed by atoms with E-state index in [0.717, 1.165) is 92.9 Å². The number of hydrogen-bond acceptors (Lipinski definition) is 5. The normalized spacial score (nSPS) is 19.0. The predicted octanol–water partition coefficient (Wildman–Crippen LogP) is 10.1. The van der Waals surface area contributed by atoms with E-state index in [9.17, 15) is 18.4 Å². The minimum atomic E-state index is -2.39. The molecule has 4 aliphatic rings. The number of nitrogens with zero attached hydrogens (tertiary/aromatic N) is 4. The van der Waals surface area contributed by atoms with Crippen LogP contribution in [0.4, 0.5) is 14.6 Å². The number of ether oxygens (including phenoxy) is 1. The molecular weight excluding hydrogens is 745 g/mol. The maximum absolute atomic E-state index is 14.4. The van der Waals surface area contributed by atoms with Crippen molar-refractivity contribution in [3.63, 3.8) is 0 Å². The molecule has 3 aromatic carbocycles. The zero-order valence-corrected chi connectivity index (χ0v) is 33.4. The number of carbonyl (C=O) groups is 2. The SMILES string of the molecule is C=Cc1c(C)cc(-n2nc3c(c2N2C=C/C(=C/c4ccc5c(c4)C=NC(CC(F)F)CC5)C2=O)CC=C(C(=O)c2cc4cc(C5CCOCC5)ccc4[nH]2)CC3)cc1C. The van der Waals surface area contributed by atoms with Crippen LogP contribution < -0.4 is 4.90 Å². The number of halogens is 2. The van der Waals surface area contributed by atoms with Crippen molar-refractivity contribution in [2.24, 2.45) is 4.99 Å². The minimum Gasteiger partial charge on any atom is -0.381 e. The van der Waals surface area contributed by atoms with Gasteiger partial charge in [0.1, 0.15) is 5.82 Å². The molecule has 5 heterocycles. The molecule has 0 radical (unpaired) electrons. The first-order valence-corrected chi connectivity index (χ1v) is 20.6. The summed E-state index contributed by atoms with van der Waals surface area (Å²) in [5.74, 6) is 0.877. The number of fused-ring (bicyclic) bond motifs is 3. The number of rotatable bonds is 9. The first-order chi connectivity index (χ1) is 28.6. The van der Waals surface area contributed by atoms with E-state index in [1.165, 1.54) is 5.56 Å². The van der Waals surface area contributed by atoms with Gasteiger partial charge in [0.15, 0.2) is 0 Å². The van der Waals surface area contributed by atoms with Crippen molar-refractivity contribution < 1.29 is 23.1 Å². The number of aromatic amines is 1. The van der Waals surface area contributed by atoms with Crippen LogP contribution in [0.25, 0.3) is 28.7 Å². The van der Waals surface area contributed by atoms with Crippen LogP contribution in [0.15, 0.2) is 95.7 Å². The summed E-state index contributed by atoms with van der Waals surface area (Å²) in [6.45, 7) is 9.65. The number of aliphatic imine (C=N–C) groups is 1. The molecule has 5 aromatic rings. The van der Waals surface area contributed by atoms with Crippen LogP contribution in [0.3, 0.4) is 0 Å². The van der Waals surface area contributed by atoms with Crippen LogP contribution in [0, 0.1) is 13.8 Å². The van der Waals surface area contributed by atoms with Crippen molar-refractivity contribution in [2.75, 3.05) is 18.1 Å². The molecule has 1 amide bonds. The molecule has 1 unspecified atom stereocenters. The molecule has 9 rings (SSSR count). The Bertz CT molecular complexity index is 2610. The second-order valence-electron chi connectivity index (χ2n) is 16.2. The van der Waals surface area contributed by atoms with E-state index in [0.29, 0.717) is 55.1 Å². The fourth-order valence-corrected chi connectivity index (χ4v) is 9.14. The number of allylic oxidation sites excluding steroid dienone is 2. The predicted molar refractivity (Wildman–Crippen MR) is 230 cm³/mol. The number of aromatic nitrogens is 3. The average Bonchev–Trinajstić information content (AvgIpc) is 3.83. The van der Waals surface area contributed by atoms with Gasteiger partial charge >= 0.3 is 0 Å². The van der Waals surface area contributed by atoms with Crippen molar-refractivity contribution in [3.8, 4) is 5.69 Å². The Morgan fingerprint density at radius 2 is 1.83 bits per heavy atom. The van der Waals surface area contributed by atoms with E-state index in [1.54, 1.807) is 17.3 Å². The van der Waals surface area contributed by atoms with Crippen molar-refractivity contribution in [3.05, 3.63) is 147 Å². The quantitative estimate of drug-likeness (QED) is 0.119. The van der Waals surface area contributed by atoms with Gasteiger partial charge in [-0.2, -0.15) is 5.10 Å². The molecule has 300 valence electrons. The molecule has 1 fully saturated rings. The highest BCUT2D eigenvalue weighted by Gasteiger charge is 2.32. The summed E-state index contributed by atoms with van der Waals surface area (Å²) in [5.41, 5.74) is 12.5. The molecule has 10 heteroatoms. The van der Waals surface area contributed by atoms with Crippen LogP contribution in [0.2, 0.25) is 0 Å². The fourth-order valence-electron chi connectivity index (χ4n) is 9.14. The molecule has 0 spiro atoms. The van der Waals surface area contributed by atoms with Gasteiger partial charge in [-0.25, -0.2) is 13.5 Å². The molecule has 0 saturated carbocycles. The minimum absolute atomic E-state index is 0.0302. The monoisotopic (exact) mass is 791 g/mol. The van der Waals surface area contributed by atoms with Gasteiger partial charge < -0.3 is 9.72 Å². The molecule has 2 aromatic heterocycles. The number of ketones is 1. The Morgan fingerprint density at radius 1 is 1.02 bits per heavy atom. The van der Waals surface area contributed by atoms with Gasteiger partial charge in [-0.3, -0.25) is 19.5 Å². The number of H-pyrrole nitrogens is 1. The summed E-state index contributed by atoms with van der Waals surface area (Å²) in [6.07, 6.45) is 13.1. The Labute approximate surface area is 342 Å². The highest BCUT2D eigenvalue weighted by molar-refractivity contribution is 6.14. The lowest BCUT2D eigenvalue weighted by molar-refractivity contribution is -0.113. The van der Waals surface area contributed by atoms with E-state index >= 15 is 0 Å². The molecule has 59 heavy (non-hydrogen) atoms. The third-order valence-electron chi connectivity index (χ3n) is 12.3. The standard InChI is InChI=1S/C49H47F2N5O3/c1-4-41-29(2)21-40(22-30(41)3)56-48(55-18-15-36(49(55)58)23-31-5-6-32-7-11-39(27-46(50)51)52-28-38(32)24-31)42-12-8-34(9-14-44(42)54-56)47(57)45-26-37-25-35(10-13-43(37)53-45)33-16-19-59-20-17-33/h4-6,8,10,13,15,18,21-26,28,33,39,46,53H,1,7,9,11-12,14,16-17,19-20,27H2,2-3H3/b36-23-. The zero-order chi connectivity index (χ0) is 40.8. The van der Waals surface area contributed by atoms with E-state index in [-0.39, 0.29) is 18.1 Å². The van der Waals surface area contributed by atoms with Gasteiger partial charge in [-0.15, -0.1) is 0 Å². The molecule has 1 saturated heterocycles. The number of anilines is 1. The topological polar surface area (TPSA) is 92.6 Å². The van der Waals surface area contributed by atoms with Crippen LogP contribution in [-0.2, 0) is 28.8 Å². The largest absolute Gasteiger partial charge is 0.381 e. The van der Waals surface area contributed by atoms with Crippen LogP contribution in [-0.4, -0.2) is 58.4 Å². The van der Waals surface area contributed by atoms with Gasteiger partial charge in [-0.1, -0.05) is 36.9 Å². The Kier molecular flexibility index (Phi) is 10.4. The van der Waals surface area contributed by atoms with E-state index < -0.39 is 12.5 Å². The van der Waals surface area contributed by atoms with E-state index in [1.807, 2.05) is 67.1 Å². The summed E-state index contributed by atoms with van der Waals surface area (Å²) in [4.78, 5) is 38.0. The molecule has 8 nitrogen and oxygen atoms in total. The van der Waals surface area contributed by atoms with Crippen molar-refractivity contribution >= 4 is 46.8 Å². The smallest absolute Gasteiger partial charge is 0.263 e. The molecule has 1 aliphatic carbocycles. The Morgan fingerprint density at radius 3 is 2.61 bits per heavy atom. The van der Waals surface area contributed by atoms with Crippen LogP contribution in [0.5, 0.6) is 0 Å². The van der Waals surface area contributed by atoms with Gasteiger partial charge in [0, 0.05) is 54.1 Å². The van der Waals surface area contributed by atoms with Gasteiger partial charge in [0.05, 0.1) is 23.1 Å². The van der Waals surface area contributed by atoms with Crippen molar-refractivity contribution in [1.82, 2.24) is 14.8 Å². The molecule has 3 aliphatic heterocycles. The second kappa shape index (κ2) is 16.0. The molecular formula is C49H47F2N5O3. The zero-order valence-electron chi connectivity index (χ0n) is 33.4. The number of benzene rings is 3. The number of alkyl halides is 2. The summed E-state index contributed by atoms with van der Waals surface area (Å²) < 4.78 is 33.6. The first kappa shape index (κ1) is 38.5. The summed E-state index contributed by atoms with van der Waals surface area (Å²) >= 11 is 0. The number of Topliss-reactive ketones (excluding diaryl/α,β-unsaturated/α-hetero) is 1. The highest BCUT2D eigenvalue weighted by atomic mass is 19.3. The number of amides is 1.